The minimum atomic E-state index is -0.403. The summed E-state index contributed by atoms with van der Waals surface area (Å²) in [6.45, 7) is 2.29. The van der Waals surface area contributed by atoms with E-state index in [0.29, 0.717) is 23.5 Å². The van der Waals surface area contributed by atoms with Gasteiger partial charge in [0.2, 0.25) is 5.91 Å². The van der Waals surface area contributed by atoms with Crippen molar-refractivity contribution < 1.29 is 14.0 Å². The molecule has 3 aromatic rings. The summed E-state index contributed by atoms with van der Waals surface area (Å²) in [4.78, 5) is 31.3. The van der Waals surface area contributed by atoms with Gasteiger partial charge in [-0.15, -0.1) is 0 Å². The van der Waals surface area contributed by atoms with Crippen molar-refractivity contribution in [2.75, 3.05) is 28.6 Å². The molecule has 7 nitrogen and oxygen atoms in total. The highest BCUT2D eigenvalue weighted by molar-refractivity contribution is 6.07. The van der Waals surface area contributed by atoms with Crippen molar-refractivity contribution in [1.29, 1.82) is 0 Å². The molecule has 0 saturated carbocycles. The lowest BCUT2D eigenvalue weighted by molar-refractivity contribution is -0.116. The maximum Gasteiger partial charge on any atom is 0.255 e. The molecule has 166 valence electrons. The first kappa shape index (κ1) is 21.5. The number of imidazole rings is 1. The molecule has 2 aromatic carbocycles. The number of piperidine rings is 1. The summed E-state index contributed by atoms with van der Waals surface area (Å²) in [5.41, 5.74) is 2.19. The lowest BCUT2D eigenvalue weighted by atomic mass is 10.1. The van der Waals surface area contributed by atoms with Crippen molar-refractivity contribution in [3.8, 4) is 0 Å². The van der Waals surface area contributed by atoms with Gasteiger partial charge in [-0.25, -0.2) is 9.37 Å². The molecule has 1 aromatic heterocycles. The van der Waals surface area contributed by atoms with Crippen LogP contribution in [0.1, 0.15) is 36.0 Å². The summed E-state index contributed by atoms with van der Waals surface area (Å²) in [7, 11) is 0. The number of aryl methyl sites for hydroxylation is 1. The SMILES string of the molecule is O=C(CCn1ccnc1)Nc1cccc(C(=O)Nc2cc(F)ccc2N2CCCCC2)c1. The third-order valence-electron chi connectivity index (χ3n) is 5.47. The molecule has 0 unspecified atom stereocenters. The van der Waals surface area contributed by atoms with Crippen LogP contribution in [0.25, 0.3) is 0 Å². The number of halogens is 1. The van der Waals surface area contributed by atoms with Crippen LogP contribution in [0.3, 0.4) is 0 Å². The van der Waals surface area contributed by atoms with Gasteiger partial charge in [0.05, 0.1) is 17.7 Å². The van der Waals surface area contributed by atoms with E-state index in [2.05, 4.69) is 20.5 Å². The van der Waals surface area contributed by atoms with Crippen molar-refractivity contribution in [2.24, 2.45) is 0 Å². The molecule has 0 bridgehead atoms. The Morgan fingerprint density at radius 2 is 1.88 bits per heavy atom. The van der Waals surface area contributed by atoms with Crippen LogP contribution >= 0.6 is 0 Å². The predicted molar refractivity (Wildman–Crippen MR) is 122 cm³/mol. The number of nitrogens with zero attached hydrogens (tertiary/aromatic N) is 3. The van der Waals surface area contributed by atoms with Crippen LogP contribution in [0.2, 0.25) is 0 Å². The Bertz CT molecular complexity index is 1080. The minimum Gasteiger partial charge on any atom is -0.370 e. The molecular weight excluding hydrogens is 409 g/mol. The molecule has 1 saturated heterocycles. The van der Waals surface area contributed by atoms with Gasteiger partial charge in [-0.05, 0) is 55.7 Å². The number of carbonyl (C=O) groups excluding carboxylic acids is 2. The summed E-state index contributed by atoms with van der Waals surface area (Å²) < 4.78 is 15.7. The lowest BCUT2D eigenvalue weighted by Crippen LogP contribution is -2.30. The quantitative estimate of drug-likeness (QED) is 0.580. The number of carbonyl (C=O) groups is 2. The monoisotopic (exact) mass is 435 g/mol. The van der Waals surface area contributed by atoms with Crippen LogP contribution in [0, 0.1) is 5.82 Å². The van der Waals surface area contributed by atoms with E-state index < -0.39 is 5.82 Å². The van der Waals surface area contributed by atoms with Gasteiger partial charge in [0, 0.05) is 49.7 Å². The Labute approximate surface area is 186 Å². The Kier molecular flexibility index (Phi) is 6.79. The minimum absolute atomic E-state index is 0.159. The molecule has 4 rings (SSSR count). The van der Waals surface area contributed by atoms with Crippen molar-refractivity contribution >= 4 is 28.9 Å². The van der Waals surface area contributed by atoms with Gasteiger partial charge in [0.15, 0.2) is 0 Å². The average Bonchev–Trinajstić information content (AvgIpc) is 3.32. The smallest absolute Gasteiger partial charge is 0.255 e. The molecule has 1 aliphatic heterocycles. The maximum absolute atomic E-state index is 13.9. The first-order valence-corrected chi connectivity index (χ1v) is 10.8. The predicted octanol–water partition coefficient (Wildman–Crippen LogP) is 4.29. The van der Waals surface area contributed by atoms with Crippen molar-refractivity contribution in [3.05, 3.63) is 72.6 Å². The van der Waals surface area contributed by atoms with Crippen LogP contribution < -0.4 is 15.5 Å². The second-order valence-corrected chi connectivity index (χ2v) is 7.84. The molecule has 1 aliphatic rings. The van der Waals surface area contributed by atoms with Gasteiger partial charge in [-0.3, -0.25) is 9.59 Å². The van der Waals surface area contributed by atoms with E-state index >= 15 is 0 Å². The molecule has 0 atom stereocenters. The molecule has 0 radical (unpaired) electrons. The number of nitrogens with one attached hydrogen (secondary N) is 2. The molecule has 0 aliphatic carbocycles. The summed E-state index contributed by atoms with van der Waals surface area (Å²) in [6, 6.07) is 11.2. The second kappa shape index (κ2) is 10.1. The molecule has 32 heavy (non-hydrogen) atoms. The van der Waals surface area contributed by atoms with Crippen LogP contribution in [0.5, 0.6) is 0 Å². The standard InChI is InChI=1S/C24H26FN5O2/c25-19-7-8-22(30-11-2-1-3-12-30)21(16-19)28-24(32)18-5-4-6-20(15-18)27-23(31)9-13-29-14-10-26-17-29/h4-8,10,14-17H,1-3,9,11-13H2,(H,27,31)(H,28,32). The van der Waals surface area contributed by atoms with E-state index in [1.54, 1.807) is 49.1 Å². The third-order valence-corrected chi connectivity index (χ3v) is 5.47. The van der Waals surface area contributed by atoms with Crippen LogP contribution in [-0.4, -0.2) is 34.5 Å². The summed E-state index contributed by atoms with van der Waals surface area (Å²) in [5.74, 6) is -0.919. The van der Waals surface area contributed by atoms with Gasteiger partial charge >= 0.3 is 0 Å². The largest absolute Gasteiger partial charge is 0.370 e. The van der Waals surface area contributed by atoms with E-state index in [4.69, 9.17) is 0 Å². The molecular formula is C24H26FN5O2. The fourth-order valence-electron chi connectivity index (χ4n) is 3.82. The third kappa shape index (κ3) is 5.51. The zero-order chi connectivity index (χ0) is 22.3. The second-order valence-electron chi connectivity index (χ2n) is 7.84. The number of anilines is 3. The van der Waals surface area contributed by atoms with Gasteiger partial charge in [0.25, 0.3) is 5.91 Å². The van der Waals surface area contributed by atoms with E-state index in [-0.39, 0.29) is 18.2 Å². The summed E-state index contributed by atoms with van der Waals surface area (Å²) >= 11 is 0. The number of hydrogen-bond acceptors (Lipinski definition) is 4. The first-order chi connectivity index (χ1) is 15.6. The summed E-state index contributed by atoms with van der Waals surface area (Å²) in [6.07, 6.45) is 8.73. The zero-order valence-corrected chi connectivity index (χ0v) is 17.8. The van der Waals surface area contributed by atoms with Crippen molar-refractivity contribution in [3.63, 3.8) is 0 Å². The normalized spacial score (nSPS) is 13.6. The molecule has 0 spiro atoms. The van der Waals surface area contributed by atoms with Gasteiger partial charge < -0.3 is 20.1 Å². The Balaban J connectivity index is 1.43. The van der Waals surface area contributed by atoms with Crippen molar-refractivity contribution in [2.45, 2.75) is 32.2 Å². The maximum atomic E-state index is 13.9. The number of aromatic nitrogens is 2. The van der Waals surface area contributed by atoms with Crippen LogP contribution in [-0.2, 0) is 11.3 Å². The molecule has 2 amide bonds. The molecule has 2 heterocycles. The number of hydrogen-bond donors (Lipinski definition) is 2. The van der Waals surface area contributed by atoms with Crippen molar-refractivity contribution in [1.82, 2.24) is 9.55 Å². The fourth-order valence-corrected chi connectivity index (χ4v) is 3.82. The van der Waals surface area contributed by atoms with Gasteiger partial charge in [-0.1, -0.05) is 6.07 Å². The zero-order valence-electron chi connectivity index (χ0n) is 17.8. The van der Waals surface area contributed by atoms with Crippen LogP contribution in [0.15, 0.2) is 61.2 Å². The number of rotatable bonds is 7. The summed E-state index contributed by atoms with van der Waals surface area (Å²) in [5, 5.41) is 5.66. The Morgan fingerprint density at radius 1 is 1.03 bits per heavy atom. The molecule has 2 N–H and O–H groups in total. The lowest BCUT2D eigenvalue weighted by Gasteiger charge is -2.30. The van der Waals surface area contributed by atoms with Crippen LogP contribution in [0.4, 0.5) is 21.5 Å². The number of amides is 2. The van der Waals surface area contributed by atoms with E-state index in [9.17, 15) is 14.0 Å². The Hall–Kier alpha value is -3.68. The molecule has 1 fully saturated rings. The topological polar surface area (TPSA) is 79.3 Å². The van der Waals surface area contributed by atoms with E-state index in [1.807, 2.05) is 4.57 Å². The number of benzene rings is 2. The van der Waals surface area contributed by atoms with Gasteiger partial charge in [-0.2, -0.15) is 0 Å². The highest BCUT2D eigenvalue weighted by Gasteiger charge is 2.17. The fraction of sp³-hybridized carbons (Fsp3) is 0.292. The average molecular weight is 436 g/mol. The Morgan fingerprint density at radius 3 is 2.66 bits per heavy atom. The highest BCUT2D eigenvalue weighted by Crippen LogP contribution is 2.30. The first-order valence-electron chi connectivity index (χ1n) is 10.8. The highest BCUT2D eigenvalue weighted by atomic mass is 19.1. The van der Waals surface area contributed by atoms with E-state index in [0.717, 1.165) is 31.6 Å². The van der Waals surface area contributed by atoms with Gasteiger partial charge in [0.1, 0.15) is 5.82 Å². The van der Waals surface area contributed by atoms with E-state index in [1.165, 1.54) is 18.6 Å². The molecule has 8 heteroatoms.